The fourth-order valence-electron chi connectivity index (χ4n) is 2.57. The first-order chi connectivity index (χ1) is 13.2. The highest BCUT2D eigenvalue weighted by molar-refractivity contribution is 6.01. The van der Waals surface area contributed by atoms with Crippen molar-refractivity contribution in [2.24, 2.45) is 10.9 Å². The highest BCUT2D eigenvalue weighted by Crippen LogP contribution is 2.26. The van der Waals surface area contributed by atoms with Crippen LogP contribution in [0.4, 0.5) is 18.9 Å². The number of aliphatic imine (C=N–C) groups is 1. The SMILES string of the molecule is COc1ccc(N=C(/C=C(\N[C@H](C)c2ccccc2)C(C)C)C(F)(F)F)cc1. The summed E-state index contributed by atoms with van der Waals surface area (Å²) in [6.45, 7) is 5.61. The molecule has 0 aliphatic heterocycles. The Bertz CT molecular complexity index is 810. The average molecular weight is 390 g/mol. The zero-order valence-corrected chi connectivity index (χ0v) is 16.4. The smallest absolute Gasteiger partial charge is 0.433 e. The van der Waals surface area contributed by atoms with Crippen molar-refractivity contribution in [3.05, 3.63) is 71.9 Å². The number of hydrogen-bond donors (Lipinski definition) is 1. The van der Waals surface area contributed by atoms with Crippen molar-refractivity contribution in [1.29, 1.82) is 0 Å². The van der Waals surface area contributed by atoms with E-state index in [1.165, 1.54) is 19.2 Å². The van der Waals surface area contributed by atoms with Gasteiger partial charge in [-0.05, 0) is 48.7 Å². The van der Waals surface area contributed by atoms with E-state index in [1.807, 2.05) is 51.1 Å². The van der Waals surface area contributed by atoms with Gasteiger partial charge in [-0.3, -0.25) is 0 Å². The Morgan fingerprint density at radius 3 is 2.11 bits per heavy atom. The lowest BCUT2D eigenvalue weighted by atomic mass is 10.0. The van der Waals surface area contributed by atoms with E-state index in [0.717, 1.165) is 11.6 Å². The van der Waals surface area contributed by atoms with Crippen molar-refractivity contribution in [3.63, 3.8) is 0 Å². The fourth-order valence-corrected chi connectivity index (χ4v) is 2.57. The standard InChI is InChI=1S/C22H25F3N2O/c1-15(2)20(26-16(3)17-8-6-5-7-9-17)14-21(22(23,24)25)27-18-10-12-19(28-4)13-11-18/h5-16,26H,1-4H3/b20-14-,27-21?/t16-/m1/s1. The van der Waals surface area contributed by atoms with E-state index in [2.05, 4.69) is 10.3 Å². The van der Waals surface area contributed by atoms with Crippen molar-refractivity contribution in [2.75, 3.05) is 7.11 Å². The summed E-state index contributed by atoms with van der Waals surface area (Å²) in [5.74, 6) is 0.429. The second-order valence-electron chi connectivity index (χ2n) is 6.72. The maximum Gasteiger partial charge on any atom is 0.433 e. The minimum Gasteiger partial charge on any atom is -0.497 e. The Morgan fingerprint density at radius 2 is 1.61 bits per heavy atom. The van der Waals surface area contributed by atoms with E-state index in [1.54, 1.807) is 12.1 Å². The molecule has 0 aliphatic rings. The third-order valence-corrected chi connectivity index (χ3v) is 4.21. The molecule has 0 amide bonds. The first-order valence-corrected chi connectivity index (χ1v) is 9.03. The molecule has 28 heavy (non-hydrogen) atoms. The van der Waals surface area contributed by atoms with Crippen molar-refractivity contribution in [3.8, 4) is 5.75 Å². The molecule has 2 aromatic carbocycles. The van der Waals surface area contributed by atoms with Crippen molar-refractivity contribution < 1.29 is 17.9 Å². The predicted molar refractivity (Wildman–Crippen MR) is 107 cm³/mol. The highest BCUT2D eigenvalue weighted by Gasteiger charge is 2.35. The van der Waals surface area contributed by atoms with Gasteiger partial charge in [-0.1, -0.05) is 44.2 Å². The lowest BCUT2D eigenvalue weighted by molar-refractivity contribution is -0.0577. The van der Waals surface area contributed by atoms with E-state index in [0.29, 0.717) is 11.4 Å². The number of methoxy groups -OCH3 is 1. The number of rotatable bonds is 7. The molecule has 0 heterocycles. The normalized spacial score (nSPS) is 14.1. The van der Waals surface area contributed by atoms with Crippen LogP contribution in [-0.2, 0) is 0 Å². The number of halogens is 3. The maximum atomic E-state index is 13.6. The van der Waals surface area contributed by atoms with Gasteiger partial charge in [0.1, 0.15) is 11.5 Å². The molecule has 0 spiro atoms. The van der Waals surface area contributed by atoms with Crippen molar-refractivity contribution in [2.45, 2.75) is 33.0 Å². The lowest BCUT2D eigenvalue weighted by Gasteiger charge is -2.22. The predicted octanol–water partition coefficient (Wildman–Crippen LogP) is 6.22. The van der Waals surface area contributed by atoms with Gasteiger partial charge in [0.15, 0.2) is 0 Å². The van der Waals surface area contributed by atoms with Gasteiger partial charge in [0, 0.05) is 11.7 Å². The Balaban J connectivity index is 2.36. The van der Waals surface area contributed by atoms with Crippen molar-refractivity contribution >= 4 is 11.4 Å². The molecule has 2 rings (SSSR count). The van der Waals surface area contributed by atoms with Gasteiger partial charge in [0.25, 0.3) is 0 Å². The number of ether oxygens (including phenoxy) is 1. The van der Waals surface area contributed by atoms with Crippen LogP contribution in [0.5, 0.6) is 5.75 Å². The monoisotopic (exact) mass is 390 g/mol. The molecule has 6 heteroatoms. The zero-order chi connectivity index (χ0) is 20.7. The van der Waals surface area contributed by atoms with Gasteiger partial charge in [0.2, 0.25) is 0 Å². The van der Waals surface area contributed by atoms with Gasteiger partial charge in [-0.2, -0.15) is 13.2 Å². The summed E-state index contributed by atoms with van der Waals surface area (Å²) in [5.41, 5.74) is 0.730. The van der Waals surface area contributed by atoms with Gasteiger partial charge < -0.3 is 10.1 Å². The maximum absolute atomic E-state index is 13.6. The van der Waals surface area contributed by atoms with Crippen LogP contribution in [0.1, 0.15) is 32.4 Å². The third-order valence-electron chi connectivity index (χ3n) is 4.21. The van der Waals surface area contributed by atoms with E-state index in [4.69, 9.17) is 4.74 Å². The third kappa shape index (κ3) is 6.15. The Hall–Kier alpha value is -2.76. The lowest BCUT2D eigenvalue weighted by Crippen LogP contribution is -2.26. The van der Waals surface area contributed by atoms with Crippen LogP contribution in [0.2, 0.25) is 0 Å². The second kappa shape index (κ2) is 9.44. The van der Waals surface area contributed by atoms with E-state index >= 15 is 0 Å². The van der Waals surface area contributed by atoms with Gasteiger partial charge in [0.05, 0.1) is 12.8 Å². The molecule has 1 atom stereocenters. The molecule has 0 unspecified atom stereocenters. The van der Waals surface area contributed by atoms with Crippen LogP contribution in [0.15, 0.2) is 71.4 Å². The number of allylic oxidation sites excluding steroid dienone is 2. The highest BCUT2D eigenvalue weighted by atomic mass is 19.4. The zero-order valence-electron chi connectivity index (χ0n) is 16.4. The molecule has 0 aliphatic carbocycles. The molecule has 150 valence electrons. The van der Waals surface area contributed by atoms with Crippen molar-refractivity contribution in [1.82, 2.24) is 5.32 Å². The number of benzene rings is 2. The largest absolute Gasteiger partial charge is 0.497 e. The summed E-state index contributed by atoms with van der Waals surface area (Å²) in [6.07, 6.45) is -3.48. The Labute approximate surface area is 164 Å². The molecular weight excluding hydrogens is 365 g/mol. The molecular formula is C22H25F3N2O. The minimum atomic E-state index is -4.57. The quantitative estimate of drug-likeness (QED) is 0.569. The average Bonchev–Trinajstić information content (AvgIpc) is 2.67. The Morgan fingerprint density at radius 1 is 1.00 bits per heavy atom. The fraction of sp³-hybridized carbons (Fsp3) is 0.318. The molecule has 0 fully saturated rings. The molecule has 0 aromatic heterocycles. The number of nitrogens with zero attached hydrogens (tertiary/aromatic N) is 1. The second-order valence-corrected chi connectivity index (χ2v) is 6.72. The molecule has 0 bridgehead atoms. The summed E-state index contributed by atoms with van der Waals surface area (Å²) < 4.78 is 45.9. The molecule has 2 aromatic rings. The van der Waals surface area contributed by atoms with Gasteiger partial charge in [-0.15, -0.1) is 0 Å². The summed E-state index contributed by atoms with van der Waals surface area (Å²) >= 11 is 0. The summed E-state index contributed by atoms with van der Waals surface area (Å²) in [7, 11) is 1.50. The van der Waals surface area contributed by atoms with E-state index in [9.17, 15) is 13.2 Å². The minimum absolute atomic E-state index is 0.130. The molecule has 0 saturated carbocycles. The summed E-state index contributed by atoms with van der Waals surface area (Å²) in [6, 6.07) is 15.6. The first-order valence-electron chi connectivity index (χ1n) is 9.03. The van der Waals surface area contributed by atoms with E-state index < -0.39 is 11.9 Å². The van der Waals surface area contributed by atoms with Crippen LogP contribution in [0.25, 0.3) is 0 Å². The molecule has 0 radical (unpaired) electrons. The van der Waals surface area contributed by atoms with Crippen LogP contribution in [-0.4, -0.2) is 19.0 Å². The first kappa shape index (κ1) is 21.5. The molecule has 1 N–H and O–H groups in total. The van der Waals surface area contributed by atoms with Crippen LogP contribution >= 0.6 is 0 Å². The summed E-state index contributed by atoms with van der Waals surface area (Å²) in [5, 5.41) is 3.20. The molecule has 0 saturated heterocycles. The number of nitrogens with one attached hydrogen (secondary N) is 1. The van der Waals surface area contributed by atoms with Crippen LogP contribution in [0, 0.1) is 5.92 Å². The number of alkyl halides is 3. The summed E-state index contributed by atoms with van der Waals surface area (Å²) in [4.78, 5) is 3.83. The topological polar surface area (TPSA) is 33.6 Å². The van der Waals surface area contributed by atoms with Crippen LogP contribution < -0.4 is 10.1 Å². The molecule has 3 nitrogen and oxygen atoms in total. The van der Waals surface area contributed by atoms with Crippen LogP contribution in [0.3, 0.4) is 0 Å². The Kier molecular flexibility index (Phi) is 7.26. The number of hydrogen-bond acceptors (Lipinski definition) is 3. The van der Waals surface area contributed by atoms with E-state index in [-0.39, 0.29) is 17.6 Å². The van der Waals surface area contributed by atoms with Gasteiger partial charge in [-0.25, -0.2) is 4.99 Å². The van der Waals surface area contributed by atoms with Gasteiger partial charge >= 0.3 is 6.18 Å².